The molecule has 1 saturated heterocycles. The molecule has 0 radical (unpaired) electrons. The van der Waals surface area contributed by atoms with Crippen LogP contribution in [0.5, 0.6) is 0 Å². The average Bonchev–Trinajstić information content (AvgIpc) is 3.25. The van der Waals surface area contributed by atoms with E-state index in [-0.39, 0.29) is 6.10 Å². The second-order valence-electron chi connectivity index (χ2n) is 9.01. The average molecular weight is 433 g/mol. The molecule has 1 aromatic heterocycles. The Morgan fingerprint density at radius 3 is 2.35 bits per heavy atom. The summed E-state index contributed by atoms with van der Waals surface area (Å²) in [6.45, 7) is 3.80. The second-order valence-corrected chi connectivity index (χ2v) is 9.01. The zero-order valence-corrected chi connectivity index (χ0v) is 19.7. The molecule has 0 saturated carbocycles. The van der Waals surface area contributed by atoms with Crippen LogP contribution in [0.1, 0.15) is 103 Å². The predicted octanol–water partition coefficient (Wildman–Crippen LogP) is 6.80. The first-order valence-corrected chi connectivity index (χ1v) is 12.7. The molecule has 31 heavy (non-hydrogen) atoms. The van der Waals surface area contributed by atoms with Crippen LogP contribution in [0.15, 0.2) is 24.4 Å². The Morgan fingerprint density at radius 1 is 1.03 bits per heavy atom. The van der Waals surface area contributed by atoms with Crippen molar-refractivity contribution in [3.8, 4) is 0 Å². The molecule has 1 fully saturated rings. The molecule has 176 valence electrons. The van der Waals surface area contributed by atoms with Crippen LogP contribution in [0.2, 0.25) is 0 Å². The Hall–Kier alpha value is -1.62. The SMILES string of the molecule is CCCCCCCCCCCCCC[C@@H]1CO[C@@H](COC(=O)NCc2ccccn2)C1. The maximum atomic E-state index is 11.8. The molecule has 1 amide bonds. The molecule has 2 rings (SSSR count). The van der Waals surface area contributed by atoms with Gasteiger partial charge in [0.25, 0.3) is 0 Å². The summed E-state index contributed by atoms with van der Waals surface area (Å²) in [5.74, 6) is 0.619. The van der Waals surface area contributed by atoms with Gasteiger partial charge in [0.15, 0.2) is 0 Å². The van der Waals surface area contributed by atoms with Crippen LogP contribution >= 0.6 is 0 Å². The first-order valence-electron chi connectivity index (χ1n) is 12.7. The molecule has 2 heterocycles. The van der Waals surface area contributed by atoms with Gasteiger partial charge in [-0.15, -0.1) is 0 Å². The molecule has 0 aromatic carbocycles. The van der Waals surface area contributed by atoms with E-state index in [9.17, 15) is 4.79 Å². The number of pyridine rings is 1. The van der Waals surface area contributed by atoms with Gasteiger partial charge in [-0.25, -0.2) is 4.79 Å². The molecule has 1 N–H and O–H groups in total. The zero-order valence-electron chi connectivity index (χ0n) is 19.7. The highest BCUT2D eigenvalue weighted by Gasteiger charge is 2.26. The highest BCUT2D eigenvalue weighted by molar-refractivity contribution is 5.67. The van der Waals surface area contributed by atoms with E-state index in [1.165, 1.54) is 83.5 Å². The van der Waals surface area contributed by atoms with E-state index in [2.05, 4.69) is 17.2 Å². The first-order chi connectivity index (χ1) is 15.3. The van der Waals surface area contributed by atoms with E-state index in [1.54, 1.807) is 6.20 Å². The highest BCUT2D eigenvalue weighted by Crippen LogP contribution is 2.25. The maximum absolute atomic E-state index is 11.8. The maximum Gasteiger partial charge on any atom is 0.407 e. The lowest BCUT2D eigenvalue weighted by molar-refractivity contribution is 0.0424. The molecular formula is C26H44N2O3. The lowest BCUT2D eigenvalue weighted by Crippen LogP contribution is -2.27. The molecular weight excluding hydrogens is 388 g/mol. The third kappa shape index (κ3) is 12.7. The van der Waals surface area contributed by atoms with Crippen LogP contribution < -0.4 is 5.32 Å². The zero-order chi connectivity index (χ0) is 22.0. The fraction of sp³-hybridized carbons (Fsp3) is 0.769. The summed E-state index contributed by atoms with van der Waals surface area (Å²) >= 11 is 0. The minimum atomic E-state index is -0.404. The van der Waals surface area contributed by atoms with E-state index < -0.39 is 6.09 Å². The van der Waals surface area contributed by atoms with Crippen molar-refractivity contribution < 1.29 is 14.3 Å². The summed E-state index contributed by atoms with van der Waals surface area (Å²) in [7, 11) is 0. The van der Waals surface area contributed by atoms with Crippen molar-refractivity contribution in [2.45, 2.75) is 109 Å². The van der Waals surface area contributed by atoms with E-state index in [0.29, 0.717) is 19.1 Å². The number of carbonyl (C=O) groups is 1. The number of ether oxygens (including phenoxy) is 2. The smallest absolute Gasteiger partial charge is 0.407 e. The number of amides is 1. The fourth-order valence-corrected chi connectivity index (χ4v) is 4.26. The van der Waals surface area contributed by atoms with Crippen molar-refractivity contribution in [1.29, 1.82) is 0 Å². The lowest BCUT2D eigenvalue weighted by atomic mass is 9.97. The molecule has 2 atom stereocenters. The molecule has 1 aliphatic rings. The summed E-state index contributed by atoms with van der Waals surface area (Å²) in [6.07, 6.45) is 20.3. The highest BCUT2D eigenvalue weighted by atomic mass is 16.6. The van der Waals surface area contributed by atoms with Gasteiger partial charge in [0, 0.05) is 6.20 Å². The largest absolute Gasteiger partial charge is 0.447 e. The van der Waals surface area contributed by atoms with Gasteiger partial charge in [0.1, 0.15) is 6.61 Å². The van der Waals surface area contributed by atoms with Gasteiger partial charge in [0.05, 0.1) is 24.9 Å². The van der Waals surface area contributed by atoms with Gasteiger partial charge in [-0.05, 0) is 30.9 Å². The number of aromatic nitrogens is 1. The number of carbonyl (C=O) groups excluding carboxylic acids is 1. The number of hydrogen-bond acceptors (Lipinski definition) is 4. The van der Waals surface area contributed by atoms with E-state index >= 15 is 0 Å². The molecule has 5 heteroatoms. The topological polar surface area (TPSA) is 60.5 Å². The summed E-state index contributed by atoms with van der Waals surface area (Å²) in [4.78, 5) is 16.0. The molecule has 0 unspecified atom stereocenters. The van der Waals surface area contributed by atoms with Crippen molar-refractivity contribution in [2.75, 3.05) is 13.2 Å². The molecule has 5 nitrogen and oxygen atoms in total. The molecule has 0 spiro atoms. The van der Waals surface area contributed by atoms with Gasteiger partial charge < -0.3 is 14.8 Å². The number of rotatable bonds is 17. The normalized spacial score (nSPS) is 18.2. The Morgan fingerprint density at radius 2 is 1.71 bits per heavy atom. The minimum Gasteiger partial charge on any atom is -0.447 e. The summed E-state index contributed by atoms with van der Waals surface area (Å²) in [5, 5.41) is 2.73. The number of nitrogens with one attached hydrogen (secondary N) is 1. The van der Waals surface area contributed by atoms with Crippen LogP contribution in [0, 0.1) is 5.92 Å². The van der Waals surface area contributed by atoms with Crippen LogP contribution in [0.25, 0.3) is 0 Å². The Bertz CT molecular complexity index is 567. The number of nitrogens with zero attached hydrogens (tertiary/aromatic N) is 1. The van der Waals surface area contributed by atoms with Gasteiger partial charge in [0.2, 0.25) is 0 Å². The Labute approximate surface area is 189 Å². The number of unbranched alkanes of at least 4 members (excludes halogenated alkanes) is 11. The van der Waals surface area contributed by atoms with Crippen molar-refractivity contribution in [1.82, 2.24) is 10.3 Å². The monoisotopic (exact) mass is 432 g/mol. The molecule has 0 aliphatic carbocycles. The van der Waals surface area contributed by atoms with E-state index in [0.717, 1.165) is 18.7 Å². The van der Waals surface area contributed by atoms with Crippen molar-refractivity contribution >= 4 is 6.09 Å². The minimum absolute atomic E-state index is 0.0444. The van der Waals surface area contributed by atoms with Gasteiger partial charge in [-0.3, -0.25) is 4.98 Å². The van der Waals surface area contributed by atoms with Crippen LogP contribution in [0.4, 0.5) is 4.79 Å². The molecule has 0 bridgehead atoms. The number of hydrogen-bond donors (Lipinski definition) is 1. The first kappa shape index (κ1) is 25.6. The van der Waals surface area contributed by atoms with Crippen LogP contribution in [0.3, 0.4) is 0 Å². The van der Waals surface area contributed by atoms with E-state index in [4.69, 9.17) is 9.47 Å². The summed E-state index contributed by atoms with van der Waals surface area (Å²) in [5.41, 5.74) is 0.819. The molecule has 1 aromatic rings. The summed E-state index contributed by atoms with van der Waals surface area (Å²) in [6, 6.07) is 5.63. The molecule has 1 aliphatic heterocycles. The third-order valence-corrected chi connectivity index (χ3v) is 6.17. The van der Waals surface area contributed by atoms with Crippen molar-refractivity contribution in [2.24, 2.45) is 5.92 Å². The summed E-state index contributed by atoms with van der Waals surface area (Å²) < 4.78 is 11.1. The third-order valence-electron chi connectivity index (χ3n) is 6.17. The second kappa shape index (κ2) is 17.0. The van der Waals surface area contributed by atoms with Crippen molar-refractivity contribution in [3.63, 3.8) is 0 Å². The quantitative estimate of drug-likeness (QED) is 0.275. The van der Waals surface area contributed by atoms with Crippen molar-refractivity contribution in [3.05, 3.63) is 30.1 Å². The van der Waals surface area contributed by atoms with Crippen LogP contribution in [-0.4, -0.2) is 30.4 Å². The Kier molecular flexibility index (Phi) is 14.1. The lowest BCUT2D eigenvalue weighted by Gasteiger charge is -2.11. The van der Waals surface area contributed by atoms with Gasteiger partial charge >= 0.3 is 6.09 Å². The number of alkyl carbamates (subject to hydrolysis) is 1. The van der Waals surface area contributed by atoms with Gasteiger partial charge in [-0.2, -0.15) is 0 Å². The Balaban J connectivity index is 1.37. The standard InChI is InChI=1S/C26H44N2O3/c1-2-3-4-5-6-7-8-9-10-11-12-13-16-23-19-25(30-21-23)22-31-26(29)28-20-24-17-14-15-18-27-24/h14-15,17-18,23,25H,2-13,16,19-22H2,1H3,(H,28,29)/t23-,25+/m0/s1. The predicted molar refractivity (Wildman–Crippen MR) is 126 cm³/mol. The fourth-order valence-electron chi connectivity index (χ4n) is 4.26. The van der Waals surface area contributed by atoms with E-state index in [1.807, 2.05) is 18.2 Å². The van der Waals surface area contributed by atoms with Crippen LogP contribution in [-0.2, 0) is 16.0 Å². The van der Waals surface area contributed by atoms with Gasteiger partial charge in [-0.1, -0.05) is 90.0 Å².